The van der Waals surface area contributed by atoms with Gasteiger partial charge in [0.2, 0.25) is 5.91 Å². The van der Waals surface area contributed by atoms with Gasteiger partial charge in [-0.25, -0.2) is 0 Å². The Morgan fingerprint density at radius 3 is 2.32 bits per heavy atom. The Kier molecular flexibility index (Phi) is 7.91. The normalized spacial score (nSPS) is 20.0. The highest BCUT2D eigenvalue weighted by Crippen LogP contribution is 2.29. The molecule has 8 nitrogen and oxygen atoms in total. The molecule has 0 radical (unpaired) electrons. The fourth-order valence-corrected chi connectivity index (χ4v) is 4.55. The highest BCUT2D eigenvalue weighted by Gasteiger charge is 2.37. The fourth-order valence-electron chi connectivity index (χ4n) is 3.35. The van der Waals surface area contributed by atoms with E-state index in [0.29, 0.717) is 17.3 Å². The first kappa shape index (κ1) is 22.6. The van der Waals surface area contributed by atoms with E-state index in [1.165, 1.54) is 16.7 Å². The molecule has 3 N–H and O–H groups in total. The van der Waals surface area contributed by atoms with Crippen molar-refractivity contribution in [3.63, 3.8) is 0 Å². The molecule has 2 aromatic rings. The van der Waals surface area contributed by atoms with Gasteiger partial charge in [-0.1, -0.05) is 48.5 Å². The van der Waals surface area contributed by atoms with Gasteiger partial charge in [0, 0.05) is 11.5 Å². The number of hydrogen-bond acceptors (Lipinski definition) is 6. The van der Waals surface area contributed by atoms with E-state index in [2.05, 4.69) is 5.32 Å². The maximum atomic E-state index is 13.3. The SMILES string of the molecule is O=C(O)CN1C(=O)C(NC(COc2ccccc2)C(=O)O)CSCC1c1ccccc1. The summed E-state index contributed by atoms with van der Waals surface area (Å²) in [6.45, 7) is -0.635. The number of aliphatic carboxylic acids is 2. The standard InChI is InChI=1S/C22H24N2O6S/c25-20(26)11-24-19(15-7-3-1-4-8-15)14-31-13-18(21(24)27)23-17(22(28)29)12-30-16-9-5-2-6-10-16/h1-10,17-19,23H,11-14H2,(H,25,26)(H,28,29). The second-order valence-corrected chi connectivity index (χ2v) is 8.13. The van der Waals surface area contributed by atoms with Crippen molar-refractivity contribution >= 4 is 29.6 Å². The third-order valence-corrected chi connectivity index (χ3v) is 5.99. The van der Waals surface area contributed by atoms with E-state index in [-0.39, 0.29) is 6.61 Å². The van der Waals surface area contributed by atoms with Crippen molar-refractivity contribution in [3.8, 4) is 5.75 Å². The third kappa shape index (κ3) is 6.22. The number of amides is 1. The minimum absolute atomic E-state index is 0.172. The first-order chi connectivity index (χ1) is 15.0. The second kappa shape index (κ2) is 10.8. The van der Waals surface area contributed by atoms with Crippen molar-refractivity contribution in [3.05, 3.63) is 66.2 Å². The van der Waals surface area contributed by atoms with Gasteiger partial charge < -0.3 is 19.8 Å². The van der Waals surface area contributed by atoms with E-state index in [0.717, 1.165) is 5.56 Å². The van der Waals surface area contributed by atoms with Gasteiger partial charge in [-0.2, -0.15) is 11.8 Å². The maximum Gasteiger partial charge on any atom is 0.324 e. The van der Waals surface area contributed by atoms with Crippen LogP contribution < -0.4 is 10.1 Å². The number of carboxylic acids is 2. The van der Waals surface area contributed by atoms with Crippen LogP contribution in [-0.2, 0) is 14.4 Å². The van der Waals surface area contributed by atoms with Gasteiger partial charge in [0.1, 0.15) is 24.9 Å². The summed E-state index contributed by atoms with van der Waals surface area (Å²) in [5.41, 5.74) is 0.840. The number of carbonyl (C=O) groups excluding carboxylic acids is 1. The number of nitrogens with zero attached hydrogens (tertiary/aromatic N) is 1. The molecule has 1 fully saturated rings. The first-order valence-electron chi connectivity index (χ1n) is 9.77. The average Bonchev–Trinajstić information content (AvgIpc) is 2.91. The quantitative estimate of drug-likeness (QED) is 0.537. The van der Waals surface area contributed by atoms with E-state index in [4.69, 9.17) is 4.74 Å². The number of para-hydroxylation sites is 1. The first-order valence-corrected chi connectivity index (χ1v) is 10.9. The molecule has 0 aromatic heterocycles. The van der Waals surface area contributed by atoms with Crippen molar-refractivity contribution in [1.82, 2.24) is 10.2 Å². The van der Waals surface area contributed by atoms with Crippen LogP contribution in [0.4, 0.5) is 0 Å². The molecule has 2 aromatic carbocycles. The molecule has 1 saturated heterocycles. The molecule has 9 heteroatoms. The molecule has 0 aliphatic carbocycles. The largest absolute Gasteiger partial charge is 0.491 e. The molecule has 3 unspecified atom stereocenters. The molecule has 1 amide bonds. The van der Waals surface area contributed by atoms with E-state index in [1.807, 2.05) is 36.4 Å². The lowest BCUT2D eigenvalue weighted by molar-refractivity contribution is -0.147. The molecule has 1 aliphatic heterocycles. The van der Waals surface area contributed by atoms with Crippen molar-refractivity contribution in [1.29, 1.82) is 0 Å². The average molecular weight is 445 g/mol. The summed E-state index contributed by atoms with van der Waals surface area (Å²) in [6, 6.07) is 15.6. The molecule has 3 rings (SSSR count). The van der Waals surface area contributed by atoms with Crippen LogP contribution in [-0.4, -0.2) is 69.7 Å². The van der Waals surface area contributed by atoms with Crippen molar-refractivity contribution in [2.75, 3.05) is 24.7 Å². The predicted octanol–water partition coefficient (Wildman–Crippen LogP) is 1.88. The summed E-state index contributed by atoms with van der Waals surface area (Å²) in [5.74, 6) is -1.35. The number of rotatable bonds is 9. The predicted molar refractivity (Wildman–Crippen MR) is 116 cm³/mol. The summed E-state index contributed by atoms with van der Waals surface area (Å²) in [6.07, 6.45) is 0. The number of ether oxygens (including phenoxy) is 1. The van der Waals surface area contributed by atoms with E-state index >= 15 is 0 Å². The molecule has 0 bridgehead atoms. The molecular weight excluding hydrogens is 420 g/mol. The van der Waals surface area contributed by atoms with E-state index < -0.39 is 42.5 Å². The van der Waals surface area contributed by atoms with Crippen LogP contribution in [0.1, 0.15) is 11.6 Å². The van der Waals surface area contributed by atoms with Gasteiger partial charge >= 0.3 is 11.9 Å². The minimum atomic E-state index is -1.15. The Morgan fingerprint density at radius 1 is 1.06 bits per heavy atom. The van der Waals surface area contributed by atoms with Crippen molar-refractivity contribution < 1.29 is 29.3 Å². The monoisotopic (exact) mass is 444 g/mol. The number of benzene rings is 2. The lowest BCUT2D eigenvalue weighted by Gasteiger charge is -2.31. The van der Waals surface area contributed by atoms with Crippen LogP contribution in [0.25, 0.3) is 0 Å². The smallest absolute Gasteiger partial charge is 0.324 e. The van der Waals surface area contributed by atoms with Crippen LogP contribution in [0.2, 0.25) is 0 Å². The lowest BCUT2D eigenvalue weighted by Crippen LogP contribution is -2.55. The van der Waals surface area contributed by atoms with Crippen LogP contribution in [0.5, 0.6) is 5.75 Å². The minimum Gasteiger partial charge on any atom is -0.491 e. The molecule has 0 saturated carbocycles. The summed E-state index contributed by atoms with van der Waals surface area (Å²) < 4.78 is 5.55. The summed E-state index contributed by atoms with van der Waals surface area (Å²) in [7, 11) is 0. The summed E-state index contributed by atoms with van der Waals surface area (Å²) in [5, 5.41) is 21.8. The molecule has 0 spiro atoms. The zero-order valence-electron chi connectivity index (χ0n) is 16.7. The Balaban J connectivity index is 1.75. The van der Waals surface area contributed by atoms with Crippen LogP contribution in [0.15, 0.2) is 60.7 Å². The Labute approximate surface area is 184 Å². The number of nitrogens with one attached hydrogen (secondary N) is 1. The van der Waals surface area contributed by atoms with Gasteiger partial charge in [-0.3, -0.25) is 19.7 Å². The molecular formula is C22H24N2O6S. The van der Waals surface area contributed by atoms with Gasteiger partial charge in [0.15, 0.2) is 0 Å². The van der Waals surface area contributed by atoms with E-state index in [1.54, 1.807) is 24.3 Å². The second-order valence-electron chi connectivity index (χ2n) is 7.06. The van der Waals surface area contributed by atoms with Crippen LogP contribution in [0.3, 0.4) is 0 Å². The van der Waals surface area contributed by atoms with Gasteiger partial charge in [-0.15, -0.1) is 0 Å². The lowest BCUT2D eigenvalue weighted by atomic mass is 10.1. The van der Waals surface area contributed by atoms with E-state index in [9.17, 15) is 24.6 Å². The number of carboxylic acid groups (broad SMARTS) is 2. The van der Waals surface area contributed by atoms with Crippen molar-refractivity contribution in [2.24, 2.45) is 0 Å². The van der Waals surface area contributed by atoms with Gasteiger partial charge in [-0.05, 0) is 17.7 Å². The fraction of sp³-hybridized carbons (Fsp3) is 0.318. The Bertz CT molecular complexity index is 895. The summed E-state index contributed by atoms with van der Waals surface area (Å²) >= 11 is 1.48. The van der Waals surface area contributed by atoms with Crippen molar-refractivity contribution in [2.45, 2.75) is 18.1 Å². The highest BCUT2D eigenvalue weighted by atomic mass is 32.2. The molecule has 164 valence electrons. The molecule has 1 heterocycles. The molecule has 1 aliphatic rings. The molecule has 3 atom stereocenters. The van der Waals surface area contributed by atoms with Gasteiger partial charge in [0.05, 0.1) is 12.1 Å². The maximum absolute atomic E-state index is 13.3. The Morgan fingerprint density at radius 2 is 1.71 bits per heavy atom. The van der Waals surface area contributed by atoms with Crippen LogP contribution in [0, 0.1) is 0 Å². The summed E-state index contributed by atoms with van der Waals surface area (Å²) in [4.78, 5) is 37.8. The third-order valence-electron chi connectivity index (χ3n) is 4.87. The van der Waals surface area contributed by atoms with Gasteiger partial charge in [0.25, 0.3) is 0 Å². The number of carbonyl (C=O) groups is 3. The molecule has 31 heavy (non-hydrogen) atoms. The van der Waals surface area contributed by atoms with Crippen LogP contribution >= 0.6 is 11.8 Å². The Hall–Kier alpha value is -3.04. The topological polar surface area (TPSA) is 116 Å². The number of thioether (sulfide) groups is 1. The zero-order chi connectivity index (χ0) is 22.2. The highest BCUT2D eigenvalue weighted by molar-refractivity contribution is 7.99. The zero-order valence-corrected chi connectivity index (χ0v) is 17.5. The number of hydrogen-bond donors (Lipinski definition) is 3.